The van der Waals surface area contributed by atoms with Crippen molar-refractivity contribution in [1.82, 2.24) is 4.90 Å². The largest absolute Gasteiger partial charge is 0.496 e. The molecule has 1 aromatic rings. The third-order valence-corrected chi connectivity index (χ3v) is 2.49. The molecule has 0 saturated carbocycles. The summed E-state index contributed by atoms with van der Waals surface area (Å²) >= 11 is 0. The molecule has 1 rings (SSSR count). The van der Waals surface area contributed by atoms with Crippen molar-refractivity contribution in [3.63, 3.8) is 0 Å². The van der Waals surface area contributed by atoms with E-state index in [0.717, 1.165) is 0 Å². The minimum absolute atomic E-state index is 0.244. The molecule has 0 amide bonds. The number of rotatable bonds is 6. The molecule has 18 heavy (non-hydrogen) atoms. The Morgan fingerprint density at radius 2 is 2.06 bits per heavy atom. The lowest BCUT2D eigenvalue weighted by atomic mass is 9.79. The lowest BCUT2D eigenvalue weighted by molar-refractivity contribution is 0.0972. The molecule has 0 atom stereocenters. The molecule has 4 nitrogen and oxygen atoms in total. The van der Waals surface area contributed by atoms with Gasteiger partial charge < -0.3 is 14.8 Å². The van der Waals surface area contributed by atoms with Crippen LogP contribution in [0.3, 0.4) is 0 Å². The number of alkyl halides is 2. The molecule has 7 heteroatoms. The zero-order valence-corrected chi connectivity index (χ0v) is 10.3. The third kappa shape index (κ3) is 4.25. The maximum atomic E-state index is 12.2. The minimum atomic E-state index is -2.41. The van der Waals surface area contributed by atoms with Crippen LogP contribution in [0.25, 0.3) is 0 Å². The smallest absolute Gasteiger partial charge is 0.488 e. The molecule has 0 radical (unpaired) electrons. The average Bonchev–Trinajstić information content (AvgIpc) is 2.27. The maximum absolute atomic E-state index is 12.2. The molecule has 0 fully saturated rings. The van der Waals surface area contributed by atoms with E-state index in [0.29, 0.717) is 16.8 Å². The van der Waals surface area contributed by atoms with Gasteiger partial charge in [0.15, 0.2) is 0 Å². The van der Waals surface area contributed by atoms with Crippen LogP contribution in [0.5, 0.6) is 5.75 Å². The molecular weight excluding hydrogens is 243 g/mol. The summed E-state index contributed by atoms with van der Waals surface area (Å²) in [4.78, 5) is 1.44. The van der Waals surface area contributed by atoms with Crippen LogP contribution < -0.4 is 10.2 Å². The van der Waals surface area contributed by atoms with Crippen LogP contribution in [0, 0.1) is 0 Å². The Hall–Kier alpha value is -1.18. The zero-order valence-electron chi connectivity index (χ0n) is 10.3. The highest BCUT2D eigenvalue weighted by atomic mass is 19.3. The molecule has 2 N–H and O–H groups in total. The first-order valence-corrected chi connectivity index (χ1v) is 5.43. The van der Waals surface area contributed by atoms with Crippen molar-refractivity contribution in [2.75, 3.05) is 20.7 Å². The van der Waals surface area contributed by atoms with E-state index in [1.807, 2.05) is 0 Å². The summed E-state index contributed by atoms with van der Waals surface area (Å²) in [6.07, 6.45) is -2.41. The van der Waals surface area contributed by atoms with Crippen LogP contribution >= 0.6 is 0 Å². The Labute approximate surface area is 105 Å². The van der Waals surface area contributed by atoms with Gasteiger partial charge in [0.1, 0.15) is 5.75 Å². The highest BCUT2D eigenvalue weighted by Gasteiger charge is 2.16. The number of hydrogen-bond acceptors (Lipinski definition) is 4. The SMILES string of the molecule is COc1ccc(B(O)O)cc1CN(C)CC(F)F. The van der Waals surface area contributed by atoms with Crippen molar-refractivity contribution >= 4 is 12.6 Å². The summed E-state index contributed by atoms with van der Waals surface area (Å²) in [6, 6.07) is 4.63. The molecule has 0 aromatic heterocycles. The van der Waals surface area contributed by atoms with Crippen LogP contribution in [0.4, 0.5) is 8.78 Å². The molecule has 0 unspecified atom stereocenters. The van der Waals surface area contributed by atoms with Crippen LogP contribution in [-0.2, 0) is 6.54 Å². The first-order chi connectivity index (χ1) is 8.43. The predicted molar refractivity (Wildman–Crippen MR) is 65.2 cm³/mol. The van der Waals surface area contributed by atoms with Gasteiger partial charge in [-0.3, -0.25) is 4.90 Å². The summed E-state index contributed by atoms with van der Waals surface area (Å²) in [5, 5.41) is 18.1. The first-order valence-electron chi connectivity index (χ1n) is 5.43. The van der Waals surface area contributed by atoms with Gasteiger partial charge >= 0.3 is 7.12 Å². The van der Waals surface area contributed by atoms with Gasteiger partial charge in [-0.05, 0) is 18.6 Å². The molecule has 0 spiro atoms. The highest BCUT2D eigenvalue weighted by Crippen LogP contribution is 2.18. The van der Waals surface area contributed by atoms with Gasteiger partial charge in [-0.2, -0.15) is 0 Å². The highest BCUT2D eigenvalue weighted by molar-refractivity contribution is 6.58. The van der Waals surface area contributed by atoms with Crippen LogP contribution in [-0.4, -0.2) is 49.2 Å². The summed E-state index contributed by atoms with van der Waals surface area (Å²) in [7, 11) is 1.45. The number of benzene rings is 1. The Morgan fingerprint density at radius 1 is 1.39 bits per heavy atom. The second-order valence-electron chi connectivity index (χ2n) is 4.03. The van der Waals surface area contributed by atoms with Gasteiger partial charge in [-0.1, -0.05) is 12.1 Å². The number of methoxy groups -OCH3 is 1. The second kappa shape index (κ2) is 6.68. The van der Waals surface area contributed by atoms with Gasteiger partial charge in [0.2, 0.25) is 0 Å². The van der Waals surface area contributed by atoms with Crippen molar-refractivity contribution in [2.45, 2.75) is 13.0 Å². The Kier molecular flexibility index (Phi) is 5.52. The molecule has 0 aliphatic carbocycles. The fourth-order valence-corrected chi connectivity index (χ4v) is 1.67. The quantitative estimate of drug-likeness (QED) is 0.710. The van der Waals surface area contributed by atoms with Crippen LogP contribution in [0.1, 0.15) is 5.56 Å². The fourth-order valence-electron chi connectivity index (χ4n) is 1.67. The minimum Gasteiger partial charge on any atom is -0.496 e. The molecule has 0 saturated heterocycles. The van der Waals surface area contributed by atoms with E-state index >= 15 is 0 Å². The molecule has 100 valence electrons. The topological polar surface area (TPSA) is 52.9 Å². The Balaban J connectivity index is 2.87. The number of hydrogen-bond donors (Lipinski definition) is 2. The van der Waals surface area contributed by atoms with E-state index in [1.54, 1.807) is 13.1 Å². The summed E-state index contributed by atoms with van der Waals surface area (Å²) in [5.41, 5.74) is 0.933. The van der Waals surface area contributed by atoms with E-state index in [9.17, 15) is 8.78 Å². The van der Waals surface area contributed by atoms with Crippen LogP contribution in [0.15, 0.2) is 18.2 Å². The molecular formula is C11H16BF2NO3. The van der Waals surface area contributed by atoms with Crippen LogP contribution in [0.2, 0.25) is 0 Å². The normalized spacial score (nSPS) is 11.1. The lowest BCUT2D eigenvalue weighted by Gasteiger charge is -2.18. The molecule has 0 bridgehead atoms. The van der Waals surface area contributed by atoms with E-state index in [4.69, 9.17) is 14.8 Å². The zero-order chi connectivity index (χ0) is 13.7. The number of ether oxygens (including phenoxy) is 1. The predicted octanol–water partition coefficient (Wildman–Crippen LogP) is 0.0719. The Morgan fingerprint density at radius 3 is 2.56 bits per heavy atom. The Bertz CT molecular complexity index is 391. The van der Waals surface area contributed by atoms with E-state index < -0.39 is 13.5 Å². The first kappa shape index (κ1) is 14.9. The van der Waals surface area contributed by atoms with Gasteiger partial charge in [0.05, 0.1) is 13.7 Å². The van der Waals surface area contributed by atoms with E-state index in [2.05, 4.69) is 0 Å². The fraction of sp³-hybridized carbons (Fsp3) is 0.455. The van der Waals surface area contributed by atoms with Crippen molar-refractivity contribution in [1.29, 1.82) is 0 Å². The van der Waals surface area contributed by atoms with Crippen molar-refractivity contribution in [3.8, 4) is 5.75 Å². The number of nitrogens with zero attached hydrogens (tertiary/aromatic N) is 1. The van der Waals surface area contributed by atoms with Crippen molar-refractivity contribution in [2.24, 2.45) is 0 Å². The summed E-state index contributed by atoms with van der Waals surface area (Å²) in [5.74, 6) is 0.528. The lowest BCUT2D eigenvalue weighted by Crippen LogP contribution is -2.31. The summed E-state index contributed by atoms with van der Waals surface area (Å²) < 4.78 is 29.6. The monoisotopic (exact) mass is 259 g/mol. The molecule has 0 aliphatic heterocycles. The average molecular weight is 259 g/mol. The third-order valence-electron chi connectivity index (χ3n) is 2.49. The van der Waals surface area contributed by atoms with Gasteiger partial charge in [0.25, 0.3) is 6.43 Å². The van der Waals surface area contributed by atoms with Gasteiger partial charge in [0, 0.05) is 12.1 Å². The standard InChI is InChI=1S/C11H16BF2NO3/c1-15(7-11(13)14)6-8-5-9(12(16)17)3-4-10(8)18-2/h3-5,11,16-17H,6-7H2,1-2H3. The van der Waals surface area contributed by atoms with E-state index in [-0.39, 0.29) is 13.1 Å². The maximum Gasteiger partial charge on any atom is 0.488 e. The van der Waals surface area contributed by atoms with Gasteiger partial charge in [-0.25, -0.2) is 8.78 Å². The second-order valence-corrected chi connectivity index (χ2v) is 4.03. The summed E-state index contributed by atoms with van der Waals surface area (Å²) in [6.45, 7) is -0.108. The van der Waals surface area contributed by atoms with Gasteiger partial charge in [-0.15, -0.1) is 0 Å². The molecule has 1 aromatic carbocycles. The van der Waals surface area contributed by atoms with Crippen molar-refractivity contribution in [3.05, 3.63) is 23.8 Å². The molecule has 0 heterocycles. The van der Waals surface area contributed by atoms with E-state index in [1.165, 1.54) is 24.1 Å². The van der Waals surface area contributed by atoms with Crippen molar-refractivity contribution < 1.29 is 23.6 Å². The number of halogens is 2. The molecule has 0 aliphatic rings.